The van der Waals surface area contributed by atoms with Crippen LogP contribution in [0.2, 0.25) is 0 Å². The molecule has 2 N–H and O–H groups in total. The maximum atomic E-state index is 15.0. The van der Waals surface area contributed by atoms with Gasteiger partial charge in [-0.2, -0.15) is 5.10 Å². The number of carbonyl (C=O) groups excluding carboxylic acids is 1. The van der Waals surface area contributed by atoms with Crippen LogP contribution in [0.15, 0.2) is 54.9 Å². The van der Waals surface area contributed by atoms with E-state index in [9.17, 15) is 13.6 Å². The van der Waals surface area contributed by atoms with Gasteiger partial charge in [0, 0.05) is 47.6 Å². The highest BCUT2D eigenvalue weighted by Gasteiger charge is 2.21. The minimum Gasteiger partial charge on any atom is -0.494 e. The fraction of sp³-hybridized carbons (Fsp3) is 0.312. The van der Waals surface area contributed by atoms with Crippen LogP contribution in [0.25, 0.3) is 22.4 Å². The molecule has 0 saturated heterocycles. The number of hydrogen-bond acceptors (Lipinski definition) is 9. The molecule has 0 aliphatic carbocycles. The van der Waals surface area contributed by atoms with Crippen LogP contribution >= 0.6 is 0 Å². The lowest BCUT2D eigenvalue weighted by atomic mass is 10.1. The smallest absolute Gasteiger partial charge is 0.407 e. The molecule has 0 radical (unpaired) electrons. The lowest BCUT2D eigenvalue weighted by Crippen LogP contribution is -2.33. The molecule has 2 aromatic carbocycles. The standard InChI is InChI=1S/C32H34F2N8O3/c1-6-44-21-15-24(33)23(25(34)16-21)18-42-26-10-8-7-9-22(26)28(41-42)30-37-17-20(11-13-36-31(43)45-32(3,4)5)29(40-30)39-27-12-14-35-19(2)38-27/h7-10,12,14-17H,6,11,13,18H2,1-5H3,(H,36,43)(H,35,37,38,39,40). The highest BCUT2D eigenvalue weighted by atomic mass is 19.1. The number of fused-ring (bicyclic) bond motifs is 1. The molecule has 5 rings (SSSR count). The number of hydrogen-bond donors (Lipinski definition) is 2. The molecule has 3 heterocycles. The van der Waals surface area contributed by atoms with Crippen LogP contribution in [-0.2, 0) is 17.7 Å². The van der Waals surface area contributed by atoms with Gasteiger partial charge in [-0.25, -0.2) is 33.5 Å². The molecule has 5 aromatic rings. The van der Waals surface area contributed by atoms with E-state index in [0.717, 1.165) is 0 Å². The first kappa shape index (κ1) is 31.2. The van der Waals surface area contributed by atoms with Crippen LogP contribution in [0, 0.1) is 18.6 Å². The molecule has 0 fully saturated rings. The average molecular weight is 617 g/mol. The van der Waals surface area contributed by atoms with Gasteiger partial charge in [-0.15, -0.1) is 0 Å². The van der Waals surface area contributed by atoms with Gasteiger partial charge < -0.3 is 20.1 Å². The summed E-state index contributed by atoms with van der Waals surface area (Å²) in [4.78, 5) is 30.1. The summed E-state index contributed by atoms with van der Waals surface area (Å²) in [5, 5.41) is 11.4. The molecule has 0 aliphatic heterocycles. The zero-order chi connectivity index (χ0) is 32.1. The molecule has 13 heteroatoms. The molecule has 0 bridgehead atoms. The van der Waals surface area contributed by atoms with Crippen LogP contribution < -0.4 is 15.4 Å². The molecule has 0 saturated carbocycles. The first-order valence-corrected chi connectivity index (χ1v) is 14.5. The predicted octanol–water partition coefficient (Wildman–Crippen LogP) is 6.13. The number of aryl methyl sites for hydroxylation is 1. The number of carbonyl (C=O) groups is 1. The van der Waals surface area contributed by atoms with Crippen molar-refractivity contribution in [3.8, 4) is 17.3 Å². The molecule has 1 amide bonds. The third-order valence-electron chi connectivity index (χ3n) is 6.55. The largest absolute Gasteiger partial charge is 0.494 e. The van der Waals surface area contributed by atoms with Crippen molar-refractivity contribution in [2.45, 2.75) is 53.2 Å². The highest BCUT2D eigenvalue weighted by Crippen LogP contribution is 2.30. The van der Waals surface area contributed by atoms with Crippen molar-refractivity contribution >= 4 is 28.6 Å². The number of nitrogens with zero attached hydrogens (tertiary/aromatic N) is 6. The minimum absolute atomic E-state index is 0.121. The summed E-state index contributed by atoms with van der Waals surface area (Å²) >= 11 is 0. The summed E-state index contributed by atoms with van der Waals surface area (Å²) in [6.45, 7) is 9.29. The van der Waals surface area contributed by atoms with E-state index in [-0.39, 0.29) is 36.8 Å². The molecule has 45 heavy (non-hydrogen) atoms. The number of amides is 1. The molecule has 0 unspecified atom stereocenters. The van der Waals surface area contributed by atoms with Crippen LogP contribution in [-0.4, -0.2) is 54.6 Å². The Kier molecular flexibility index (Phi) is 9.16. The molecule has 3 aromatic heterocycles. The molecule has 0 aliphatic rings. The number of para-hydroxylation sites is 1. The zero-order valence-corrected chi connectivity index (χ0v) is 25.7. The number of nitrogens with one attached hydrogen (secondary N) is 2. The predicted molar refractivity (Wildman–Crippen MR) is 165 cm³/mol. The Bertz CT molecular complexity index is 1810. The quantitative estimate of drug-likeness (QED) is 0.190. The van der Waals surface area contributed by atoms with Gasteiger partial charge in [0.2, 0.25) is 0 Å². The Morgan fingerprint density at radius 1 is 1.04 bits per heavy atom. The van der Waals surface area contributed by atoms with Crippen molar-refractivity contribution < 1.29 is 23.0 Å². The van der Waals surface area contributed by atoms with Gasteiger partial charge in [0.15, 0.2) is 5.82 Å². The Morgan fingerprint density at radius 2 is 1.80 bits per heavy atom. The van der Waals surface area contributed by atoms with Gasteiger partial charge in [-0.05, 0) is 53.2 Å². The van der Waals surface area contributed by atoms with Crippen LogP contribution in [0.5, 0.6) is 5.75 Å². The summed E-state index contributed by atoms with van der Waals surface area (Å²) in [7, 11) is 0. The van der Waals surface area contributed by atoms with Crippen LogP contribution in [0.3, 0.4) is 0 Å². The molecule has 234 valence electrons. The Hall–Kier alpha value is -5.20. The zero-order valence-electron chi connectivity index (χ0n) is 25.7. The van der Waals surface area contributed by atoms with Gasteiger partial charge in [-0.3, -0.25) is 4.68 Å². The van der Waals surface area contributed by atoms with Gasteiger partial charge in [0.1, 0.15) is 46.1 Å². The Morgan fingerprint density at radius 3 is 2.51 bits per heavy atom. The van der Waals surface area contributed by atoms with Crippen molar-refractivity contribution in [2.75, 3.05) is 18.5 Å². The topological polar surface area (TPSA) is 129 Å². The maximum Gasteiger partial charge on any atom is 0.407 e. The normalized spacial score (nSPS) is 11.4. The maximum absolute atomic E-state index is 15.0. The summed E-state index contributed by atoms with van der Waals surface area (Å²) in [5.74, 6) is 0.488. The monoisotopic (exact) mass is 616 g/mol. The summed E-state index contributed by atoms with van der Waals surface area (Å²) in [5.41, 5.74) is 1.01. The Balaban J connectivity index is 1.49. The number of benzene rings is 2. The molecule has 0 spiro atoms. The third kappa shape index (κ3) is 7.66. The van der Waals surface area contributed by atoms with Crippen LogP contribution in [0.4, 0.5) is 25.2 Å². The van der Waals surface area contributed by atoms with E-state index in [1.54, 1.807) is 53.1 Å². The summed E-state index contributed by atoms with van der Waals surface area (Å²) in [6.07, 6.45) is 3.13. The number of ether oxygens (including phenoxy) is 2. The van der Waals surface area contributed by atoms with Crippen molar-refractivity contribution in [3.05, 3.63) is 83.4 Å². The summed E-state index contributed by atoms with van der Waals surface area (Å²) in [6, 6.07) is 11.4. The van der Waals surface area contributed by atoms with Crippen molar-refractivity contribution in [1.82, 2.24) is 35.0 Å². The number of aromatic nitrogens is 6. The fourth-order valence-corrected chi connectivity index (χ4v) is 4.62. The van der Waals surface area contributed by atoms with Gasteiger partial charge in [0.05, 0.1) is 18.7 Å². The second-order valence-electron chi connectivity index (χ2n) is 11.2. The first-order chi connectivity index (χ1) is 21.5. The lowest BCUT2D eigenvalue weighted by molar-refractivity contribution is 0.0528. The number of alkyl carbamates (subject to hydrolysis) is 1. The van der Waals surface area contributed by atoms with Crippen molar-refractivity contribution in [1.29, 1.82) is 0 Å². The van der Waals surface area contributed by atoms with Gasteiger partial charge in [0.25, 0.3) is 0 Å². The SMILES string of the molecule is CCOc1cc(F)c(Cn2nc(-c3ncc(CCNC(=O)OC(C)(C)C)c(Nc4ccnc(C)n4)n3)c3ccccc32)c(F)c1. The molecule has 0 atom stereocenters. The first-order valence-electron chi connectivity index (χ1n) is 14.5. The van der Waals surface area contributed by atoms with Gasteiger partial charge in [-0.1, -0.05) is 18.2 Å². The van der Waals surface area contributed by atoms with E-state index in [4.69, 9.17) is 19.6 Å². The number of rotatable bonds is 10. The number of anilines is 2. The molecule has 11 nitrogen and oxygen atoms in total. The average Bonchev–Trinajstić information content (AvgIpc) is 3.33. The van der Waals surface area contributed by atoms with Crippen molar-refractivity contribution in [3.63, 3.8) is 0 Å². The van der Waals surface area contributed by atoms with Crippen LogP contribution in [0.1, 0.15) is 44.6 Å². The minimum atomic E-state index is -0.730. The second-order valence-corrected chi connectivity index (χ2v) is 11.2. The van der Waals surface area contributed by atoms with E-state index in [1.165, 1.54) is 16.8 Å². The van der Waals surface area contributed by atoms with E-state index in [1.807, 2.05) is 24.3 Å². The lowest BCUT2D eigenvalue weighted by Gasteiger charge is -2.19. The van der Waals surface area contributed by atoms with E-state index in [2.05, 4.69) is 25.6 Å². The number of halogens is 2. The van der Waals surface area contributed by atoms with E-state index >= 15 is 0 Å². The van der Waals surface area contributed by atoms with Gasteiger partial charge >= 0.3 is 6.09 Å². The third-order valence-corrected chi connectivity index (χ3v) is 6.55. The highest BCUT2D eigenvalue weighted by molar-refractivity contribution is 5.91. The molecular formula is C32H34F2N8O3. The Labute approximate surface area is 259 Å². The second kappa shape index (κ2) is 13.2. The fourth-order valence-electron chi connectivity index (χ4n) is 4.62. The summed E-state index contributed by atoms with van der Waals surface area (Å²) < 4.78 is 42.1. The van der Waals surface area contributed by atoms with E-state index in [0.29, 0.717) is 46.0 Å². The van der Waals surface area contributed by atoms with E-state index < -0.39 is 23.3 Å². The van der Waals surface area contributed by atoms with Crippen molar-refractivity contribution in [2.24, 2.45) is 0 Å². The molecular weight excluding hydrogens is 582 g/mol.